The summed E-state index contributed by atoms with van der Waals surface area (Å²) >= 11 is 1.93. The lowest BCUT2D eigenvalue weighted by Gasteiger charge is -2.16. The minimum Gasteiger partial charge on any atom is -0.391 e. The third-order valence-corrected chi connectivity index (χ3v) is 3.92. The van der Waals surface area contributed by atoms with Gasteiger partial charge in [-0.05, 0) is 42.2 Å². The summed E-state index contributed by atoms with van der Waals surface area (Å²) in [5, 5.41) is 9.49. The second-order valence-electron chi connectivity index (χ2n) is 3.99. The smallest absolute Gasteiger partial charge is 0.0702 e. The van der Waals surface area contributed by atoms with Crippen LogP contribution in [0.3, 0.4) is 0 Å². The number of fused-ring (bicyclic) bond motifs is 1. The van der Waals surface area contributed by atoms with Crippen LogP contribution in [0.5, 0.6) is 0 Å². The fourth-order valence-electron chi connectivity index (χ4n) is 1.90. The van der Waals surface area contributed by atoms with Gasteiger partial charge in [0.2, 0.25) is 0 Å². The molecule has 82 valence electrons. The van der Waals surface area contributed by atoms with Crippen molar-refractivity contribution in [3.8, 4) is 0 Å². The zero-order valence-corrected chi connectivity index (χ0v) is 9.59. The molecule has 0 spiro atoms. The first-order valence-corrected chi connectivity index (χ1v) is 6.41. The molecule has 0 radical (unpaired) electrons. The Hall–Kier alpha value is -0.510. The highest BCUT2D eigenvalue weighted by Gasteiger charge is 2.11. The summed E-state index contributed by atoms with van der Waals surface area (Å²) in [5.41, 5.74) is 8.04. The Morgan fingerprint density at radius 2 is 2.33 bits per heavy atom. The van der Waals surface area contributed by atoms with Crippen LogP contribution in [0.1, 0.15) is 17.5 Å². The highest BCUT2D eigenvalue weighted by atomic mass is 32.2. The average molecular weight is 223 g/mol. The van der Waals surface area contributed by atoms with E-state index in [9.17, 15) is 5.11 Å². The lowest BCUT2D eigenvalue weighted by molar-refractivity contribution is 0.183. The third-order valence-electron chi connectivity index (χ3n) is 2.72. The molecule has 0 amide bonds. The van der Waals surface area contributed by atoms with Crippen molar-refractivity contribution in [3.05, 3.63) is 29.3 Å². The van der Waals surface area contributed by atoms with Gasteiger partial charge < -0.3 is 10.8 Å². The van der Waals surface area contributed by atoms with Crippen molar-refractivity contribution in [1.29, 1.82) is 0 Å². The number of aryl methyl sites for hydroxylation is 1. The summed E-state index contributed by atoms with van der Waals surface area (Å²) in [6.07, 6.45) is 2.71. The molecule has 3 N–H and O–H groups in total. The molecule has 1 aromatic carbocycles. The molecule has 1 heterocycles. The molecule has 0 saturated carbocycles. The minimum absolute atomic E-state index is 0.339. The maximum atomic E-state index is 9.49. The lowest BCUT2D eigenvalue weighted by Crippen LogP contribution is -2.22. The van der Waals surface area contributed by atoms with Gasteiger partial charge in [0.25, 0.3) is 0 Å². The van der Waals surface area contributed by atoms with Gasteiger partial charge in [0.15, 0.2) is 0 Å². The minimum atomic E-state index is -0.403. The van der Waals surface area contributed by atoms with E-state index in [0.29, 0.717) is 13.0 Å². The predicted molar refractivity (Wildman–Crippen MR) is 64.3 cm³/mol. The standard InChI is InChI=1S/C12H17NOS/c13-8-11(14)7-9-3-4-12-10(6-9)2-1-5-15-12/h3-4,6,11,14H,1-2,5,7-8,13H2. The van der Waals surface area contributed by atoms with Gasteiger partial charge in [-0.2, -0.15) is 0 Å². The number of nitrogens with two attached hydrogens (primary N) is 1. The van der Waals surface area contributed by atoms with Crippen LogP contribution < -0.4 is 5.73 Å². The topological polar surface area (TPSA) is 46.2 Å². The fraction of sp³-hybridized carbons (Fsp3) is 0.500. The Bertz CT molecular complexity index is 340. The van der Waals surface area contributed by atoms with E-state index >= 15 is 0 Å². The van der Waals surface area contributed by atoms with Crippen molar-refractivity contribution in [2.24, 2.45) is 5.73 Å². The van der Waals surface area contributed by atoms with Crippen molar-refractivity contribution in [1.82, 2.24) is 0 Å². The van der Waals surface area contributed by atoms with Gasteiger partial charge in [-0.15, -0.1) is 11.8 Å². The molecule has 1 aromatic rings. The zero-order valence-electron chi connectivity index (χ0n) is 8.78. The van der Waals surface area contributed by atoms with Crippen LogP contribution in [0.2, 0.25) is 0 Å². The highest BCUT2D eigenvalue weighted by molar-refractivity contribution is 7.99. The first-order valence-electron chi connectivity index (χ1n) is 5.42. The maximum absolute atomic E-state index is 9.49. The Kier molecular flexibility index (Phi) is 3.67. The molecule has 1 aliphatic rings. The Balaban J connectivity index is 2.13. The van der Waals surface area contributed by atoms with Crippen molar-refractivity contribution < 1.29 is 5.11 Å². The predicted octanol–water partition coefficient (Wildman–Crippen LogP) is 1.59. The molecule has 0 aromatic heterocycles. The van der Waals surface area contributed by atoms with Crippen molar-refractivity contribution in [3.63, 3.8) is 0 Å². The van der Waals surface area contributed by atoms with E-state index in [1.807, 2.05) is 11.8 Å². The summed E-state index contributed by atoms with van der Waals surface area (Å²) < 4.78 is 0. The number of thioether (sulfide) groups is 1. The molecule has 1 unspecified atom stereocenters. The van der Waals surface area contributed by atoms with Gasteiger partial charge in [0.05, 0.1) is 6.10 Å². The van der Waals surface area contributed by atoms with Crippen molar-refractivity contribution in [2.75, 3.05) is 12.3 Å². The molecule has 1 atom stereocenters. The van der Waals surface area contributed by atoms with Crippen LogP contribution in [-0.2, 0) is 12.8 Å². The molecular weight excluding hydrogens is 206 g/mol. The summed E-state index contributed by atoms with van der Waals surface area (Å²) in [6, 6.07) is 6.51. The largest absolute Gasteiger partial charge is 0.391 e. The molecule has 0 fully saturated rings. The van der Waals surface area contributed by atoms with Gasteiger partial charge >= 0.3 is 0 Å². The molecule has 3 heteroatoms. The number of aliphatic hydroxyl groups is 1. The van der Waals surface area contributed by atoms with Gasteiger partial charge in [-0.25, -0.2) is 0 Å². The molecule has 0 bridgehead atoms. The lowest BCUT2D eigenvalue weighted by atomic mass is 10.0. The van der Waals surface area contributed by atoms with Crippen LogP contribution in [0, 0.1) is 0 Å². The Morgan fingerprint density at radius 1 is 1.47 bits per heavy atom. The first kappa shape index (κ1) is 11.0. The Morgan fingerprint density at radius 3 is 3.13 bits per heavy atom. The number of rotatable bonds is 3. The maximum Gasteiger partial charge on any atom is 0.0702 e. The molecule has 2 nitrogen and oxygen atoms in total. The van der Waals surface area contributed by atoms with Gasteiger partial charge in [-0.3, -0.25) is 0 Å². The van der Waals surface area contributed by atoms with Gasteiger partial charge in [0, 0.05) is 11.4 Å². The first-order chi connectivity index (χ1) is 7.29. The van der Waals surface area contributed by atoms with E-state index < -0.39 is 6.10 Å². The number of aliphatic hydroxyl groups excluding tert-OH is 1. The van der Waals surface area contributed by atoms with Crippen LogP contribution >= 0.6 is 11.8 Å². The second kappa shape index (κ2) is 5.01. The third kappa shape index (κ3) is 2.74. The molecule has 0 aliphatic carbocycles. The summed E-state index contributed by atoms with van der Waals surface area (Å²) in [5.74, 6) is 1.23. The fourth-order valence-corrected chi connectivity index (χ4v) is 2.92. The summed E-state index contributed by atoms with van der Waals surface area (Å²) in [7, 11) is 0. The summed E-state index contributed by atoms with van der Waals surface area (Å²) in [6.45, 7) is 0.339. The molecule has 0 saturated heterocycles. The van der Waals surface area contributed by atoms with E-state index in [0.717, 1.165) is 0 Å². The van der Waals surface area contributed by atoms with Crippen LogP contribution in [-0.4, -0.2) is 23.5 Å². The SMILES string of the molecule is NCC(O)Cc1ccc2c(c1)CCCS2. The van der Waals surface area contributed by atoms with Crippen molar-refractivity contribution in [2.45, 2.75) is 30.3 Å². The van der Waals surface area contributed by atoms with Crippen molar-refractivity contribution >= 4 is 11.8 Å². The second-order valence-corrected chi connectivity index (χ2v) is 5.12. The number of hydrogen-bond donors (Lipinski definition) is 2. The number of hydrogen-bond acceptors (Lipinski definition) is 3. The normalized spacial score (nSPS) is 17.2. The van der Waals surface area contributed by atoms with Crippen LogP contribution in [0.4, 0.5) is 0 Å². The molecular formula is C12H17NOS. The number of benzene rings is 1. The van der Waals surface area contributed by atoms with E-state index in [-0.39, 0.29) is 0 Å². The average Bonchev–Trinajstić information content (AvgIpc) is 2.29. The molecule has 15 heavy (non-hydrogen) atoms. The van der Waals surface area contributed by atoms with Crippen LogP contribution in [0.25, 0.3) is 0 Å². The van der Waals surface area contributed by atoms with Gasteiger partial charge in [-0.1, -0.05) is 12.1 Å². The van der Waals surface area contributed by atoms with E-state index in [1.165, 1.54) is 34.6 Å². The Labute approximate surface area is 94.9 Å². The van der Waals surface area contributed by atoms with E-state index in [2.05, 4.69) is 18.2 Å². The highest BCUT2D eigenvalue weighted by Crippen LogP contribution is 2.30. The summed E-state index contributed by atoms with van der Waals surface area (Å²) in [4.78, 5) is 1.41. The quantitative estimate of drug-likeness (QED) is 0.818. The van der Waals surface area contributed by atoms with Crippen LogP contribution in [0.15, 0.2) is 23.1 Å². The van der Waals surface area contributed by atoms with Gasteiger partial charge in [0.1, 0.15) is 0 Å². The van der Waals surface area contributed by atoms with E-state index in [1.54, 1.807) is 0 Å². The zero-order chi connectivity index (χ0) is 10.7. The monoisotopic (exact) mass is 223 g/mol. The van der Waals surface area contributed by atoms with E-state index in [4.69, 9.17) is 5.73 Å². The molecule has 1 aliphatic heterocycles. The molecule has 2 rings (SSSR count).